The monoisotopic (exact) mass is 518 g/mol. The van der Waals surface area contributed by atoms with Crippen LogP contribution in [0.1, 0.15) is 194 Å². The number of unbranched alkanes of at least 4 members (excludes halogenated alkanes) is 24. The maximum atomic E-state index is 2.57. The number of aromatic nitrogens is 2. The summed E-state index contributed by atoms with van der Waals surface area (Å²) in [7, 11) is 0. The Hall–Kier alpha value is -0.790. The normalized spacial score (nSPS) is 11.5. The molecule has 0 radical (unpaired) electrons. The first kappa shape index (κ1) is 34.2. The Morgan fingerprint density at radius 2 is 0.811 bits per heavy atom. The predicted molar refractivity (Wildman–Crippen MR) is 165 cm³/mol. The largest absolute Gasteiger partial charge is 0.256 e. The van der Waals surface area contributed by atoms with Gasteiger partial charge >= 0.3 is 0 Å². The molecule has 0 amide bonds. The standard InChI is InChI=1S/C35H69N2/c1-4-7-9-11-13-15-17-19-20-21-23-25-27-29-31-35-36(6-3)33-34-37(35)32-30-28-26-24-22-18-16-14-12-10-8-5-2/h33-34H,4-32H2,1-3H3/q+1. The van der Waals surface area contributed by atoms with E-state index in [1.165, 1.54) is 180 Å². The molecule has 0 aliphatic rings. The van der Waals surface area contributed by atoms with Crippen LogP contribution in [0.15, 0.2) is 12.4 Å². The van der Waals surface area contributed by atoms with Crippen molar-refractivity contribution < 1.29 is 4.57 Å². The molecule has 0 aliphatic carbocycles. The SMILES string of the molecule is CCCCCCCCCCCCCCCCc1n(CC)cc[n+]1CCCCCCCCCCCCCC. The van der Waals surface area contributed by atoms with Crippen LogP contribution in [0.5, 0.6) is 0 Å². The summed E-state index contributed by atoms with van der Waals surface area (Å²) in [5.74, 6) is 1.57. The van der Waals surface area contributed by atoms with Gasteiger partial charge in [0.25, 0.3) is 5.82 Å². The van der Waals surface area contributed by atoms with Gasteiger partial charge < -0.3 is 0 Å². The first-order chi connectivity index (χ1) is 18.3. The van der Waals surface area contributed by atoms with E-state index in [1.807, 2.05) is 0 Å². The summed E-state index contributed by atoms with van der Waals surface area (Å²) < 4.78 is 5.06. The summed E-state index contributed by atoms with van der Waals surface area (Å²) >= 11 is 0. The maximum Gasteiger partial charge on any atom is 0.256 e. The fourth-order valence-electron chi connectivity index (χ4n) is 5.88. The lowest BCUT2D eigenvalue weighted by atomic mass is 10.0. The van der Waals surface area contributed by atoms with E-state index in [-0.39, 0.29) is 0 Å². The van der Waals surface area contributed by atoms with Crippen LogP contribution in [0, 0.1) is 0 Å². The molecule has 0 fully saturated rings. The third-order valence-corrected chi connectivity index (χ3v) is 8.44. The molecule has 0 N–H and O–H groups in total. The van der Waals surface area contributed by atoms with Crippen molar-refractivity contribution in [3.63, 3.8) is 0 Å². The molecule has 0 aliphatic heterocycles. The average Bonchev–Trinajstić information content (AvgIpc) is 3.31. The number of hydrogen-bond donors (Lipinski definition) is 0. The number of hydrogen-bond acceptors (Lipinski definition) is 0. The molecule has 218 valence electrons. The molecule has 0 unspecified atom stereocenters. The van der Waals surface area contributed by atoms with Gasteiger partial charge in [-0.15, -0.1) is 0 Å². The van der Waals surface area contributed by atoms with Gasteiger partial charge in [-0.25, -0.2) is 9.13 Å². The molecular formula is C35H69N2+. The van der Waals surface area contributed by atoms with Gasteiger partial charge in [-0.05, 0) is 26.2 Å². The third kappa shape index (κ3) is 19.9. The summed E-state index contributed by atoms with van der Waals surface area (Å²) in [6, 6.07) is 0. The van der Waals surface area contributed by atoms with Crippen LogP contribution in [0.2, 0.25) is 0 Å². The minimum absolute atomic E-state index is 1.11. The highest BCUT2D eigenvalue weighted by atomic mass is 15.1. The number of rotatable bonds is 29. The van der Waals surface area contributed by atoms with E-state index in [9.17, 15) is 0 Å². The number of nitrogens with zero attached hydrogens (tertiary/aromatic N) is 2. The van der Waals surface area contributed by atoms with Crippen molar-refractivity contribution >= 4 is 0 Å². The van der Waals surface area contributed by atoms with E-state index in [1.54, 1.807) is 5.82 Å². The van der Waals surface area contributed by atoms with Crippen LogP contribution in [0.4, 0.5) is 0 Å². The lowest BCUT2D eigenvalue weighted by Gasteiger charge is -2.06. The van der Waals surface area contributed by atoms with E-state index in [4.69, 9.17) is 0 Å². The Labute approximate surface area is 234 Å². The maximum absolute atomic E-state index is 2.57. The van der Waals surface area contributed by atoms with Gasteiger partial charge in [-0.1, -0.05) is 162 Å². The Morgan fingerprint density at radius 3 is 1.19 bits per heavy atom. The van der Waals surface area contributed by atoms with Gasteiger partial charge in [0.15, 0.2) is 0 Å². The molecule has 1 heterocycles. The molecule has 2 nitrogen and oxygen atoms in total. The third-order valence-electron chi connectivity index (χ3n) is 8.44. The molecule has 0 bridgehead atoms. The van der Waals surface area contributed by atoms with Crippen LogP contribution in [-0.4, -0.2) is 4.57 Å². The second kappa shape index (κ2) is 26.8. The van der Waals surface area contributed by atoms with Gasteiger partial charge in [0.1, 0.15) is 12.4 Å². The minimum Gasteiger partial charge on any atom is -0.235 e. The Balaban J connectivity index is 2.01. The highest BCUT2D eigenvalue weighted by molar-refractivity contribution is 4.83. The van der Waals surface area contributed by atoms with Gasteiger partial charge in [-0.3, -0.25) is 0 Å². The van der Waals surface area contributed by atoms with E-state index in [0.717, 1.165) is 6.54 Å². The molecule has 1 rings (SSSR count). The van der Waals surface area contributed by atoms with Crippen LogP contribution >= 0.6 is 0 Å². The molecular weight excluding hydrogens is 448 g/mol. The molecule has 0 saturated carbocycles. The zero-order chi connectivity index (χ0) is 26.7. The zero-order valence-electron chi connectivity index (χ0n) is 26.1. The fraction of sp³-hybridized carbons (Fsp3) is 0.914. The van der Waals surface area contributed by atoms with Gasteiger partial charge in [0, 0.05) is 6.42 Å². The van der Waals surface area contributed by atoms with Crippen molar-refractivity contribution in [2.45, 2.75) is 207 Å². The molecule has 0 aromatic carbocycles. The van der Waals surface area contributed by atoms with Gasteiger partial charge in [-0.2, -0.15) is 0 Å². The van der Waals surface area contributed by atoms with E-state index >= 15 is 0 Å². The Morgan fingerprint density at radius 1 is 0.459 bits per heavy atom. The van der Waals surface area contributed by atoms with Crippen molar-refractivity contribution in [1.82, 2.24) is 4.57 Å². The smallest absolute Gasteiger partial charge is 0.235 e. The second-order valence-electron chi connectivity index (χ2n) is 11.9. The molecule has 0 saturated heterocycles. The first-order valence-corrected chi connectivity index (χ1v) is 17.4. The summed E-state index contributed by atoms with van der Waals surface area (Å²) in [5, 5.41) is 0. The van der Waals surface area contributed by atoms with E-state index in [0.29, 0.717) is 0 Å². The summed E-state index contributed by atoms with van der Waals surface area (Å²) in [6.07, 6.45) is 43.3. The molecule has 0 atom stereocenters. The van der Waals surface area contributed by atoms with E-state index < -0.39 is 0 Å². The van der Waals surface area contributed by atoms with Crippen LogP contribution in [0.25, 0.3) is 0 Å². The van der Waals surface area contributed by atoms with Gasteiger partial charge in [0.05, 0.1) is 13.1 Å². The first-order valence-electron chi connectivity index (χ1n) is 17.4. The van der Waals surface area contributed by atoms with Crippen molar-refractivity contribution in [3.8, 4) is 0 Å². The summed E-state index contributed by atoms with van der Waals surface area (Å²) in [4.78, 5) is 0. The molecule has 2 heteroatoms. The quantitative estimate of drug-likeness (QED) is 0.0737. The van der Waals surface area contributed by atoms with Gasteiger partial charge in [0.2, 0.25) is 0 Å². The van der Waals surface area contributed by atoms with E-state index in [2.05, 4.69) is 42.3 Å². The lowest BCUT2D eigenvalue weighted by Crippen LogP contribution is -2.37. The molecule has 0 spiro atoms. The molecule has 37 heavy (non-hydrogen) atoms. The van der Waals surface area contributed by atoms with Crippen molar-refractivity contribution in [1.29, 1.82) is 0 Å². The highest BCUT2D eigenvalue weighted by Gasteiger charge is 2.15. The molecule has 1 aromatic heterocycles. The number of aryl methyl sites for hydroxylation is 2. The van der Waals surface area contributed by atoms with Crippen LogP contribution in [-0.2, 0) is 19.5 Å². The van der Waals surface area contributed by atoms with Crippen molar-refractivity contribution in [2.75, 3.05) is 0 Å². The minimum atomic E-state index is 1.11. The Kier molecular flexibility index (Phi) is 24.8. The zero-order valence-corrected chi connectivity index (χ0v) is 26.1. The van der Waals surface area contributed by atoms with Crippen molar-refractivity contribution in [2.24, 2.45) is 0 Å². The second-order valence-corrected chi connectivity index (χ2v) is 11.9. The van der Waals surface area contributed by atoms with Crippen molar-refractivity contribution in [3.05, 3.63) is 18.2 Å². The summed E-state index contributed by atoms with van der Waals surface area (Å²) in [5.41, 5.74) is 0. The Bertz CT molecular complexity index is 576. The lowest BCUT2D eigenvalue weighted by molar-refractivity contribution is -0.704. The highest BCUT2D eigenvalue weighted by Crippen LogP contribution is 2.15. The average molecular weight is 518 g/mol. The topological polar surface area (TPSA) is 8.81 Å². The summed E-state index contributed by atoms with van der Waals surface area (Å²) in [6.45, 7) is 9.24. The predicted octanol–water partition coefficient (Wildman–Crippen LogP) is 11.5. The fourth-order valence-corrected chi connectivity index (χ4v) is 5.88. The van der Waals surface area contributed by atoms with Crippen LogP contribution in [0.3, 0.4) is 0 Å². The number of imidazole rings is 1. The van der Waals surface area contributed by atoms with Crippen LogP contribution < -0.4 is 4.57 Å². The molecule has 1 aromatic rings.